The smallest absolute Gasteiger partial charge is 0.413 e. The third-order valence-corrected chi connectivity index (χ3v) is 1.86. The van der Waals surface area contributed by atoms with E-state index in [-0.39, 0.29) is 0 Å². The summed E-state index contributed by atoms with van der Waals surface area (Å²) in [6.45, 7) is 8.15. The van der Waals surface area contributed by atoms with E-state index in [1.165, 1.54) is 0 Å². The van der Waals surface area contributed by atoms with Crippen molar-refractivity contribution in [3.63, 3.8) is 0 Å². The summed E-state index contributed by atoms with van der Waals surface area (Å²) in [6, 6.07) is 1.61. The lowest BCUT2D eigenvalue weighted by Gasteiger charge is -2.19. The minimum Gasteiger partial charge on any atom is -0.444 e. The number of aryl methyl sites for hydroxylation is 1. The molecule has 1 aromatic rings. The summed E-state index contributed by atoms with van der Waals surface area (Å²) in [5.74, 6) is 0.933. The molecule has 0 aliphatic carbocycles. The van der Waals surface area contributed by atoms with Gasteiger partial charge in [-0.05, 0) is 27.2 Å². The van der Waals surface area contributed by atoms with E-state index in [0.717, 1.165) is 6.42 Å². The van der Waals surface area contributed by atoms with Crippen LogP contribution in [0, 0.1) is 0 Å². The maximum Gasteiger partial charge on any atom is 0.413 e. The van der Waals surface area contributed by atoms with Crippen molar-refractivity contribution in [3.05, 3.63) is 6.07 Å². The number of aromatic nitrogens is 2. The first-order valence-electron chi connectivity index (χ1n) is 5.65. The number of hydrogen-bond acceptors (Lipinski definition) is 4. The molecule has 1 rings (SSSR count). The molecular weight excluding hydrogens is 220 g/mol. The van der Waals surface area contributed by atoms with Crippen LogP contribution in [0.15, 0.2) is 6.07 Å². The van der Waals surface area contributed by atoms with Crippen molar-refractivity contribution in [3.8, 4) is 0 Å². The van der Waals surface area contributed by atoms with Crippen LogP contribution >= 0.6 is 0 Å². The van der Waals surface area contributed by atoms with Crippen molar-refractivity contribution in [2.75, 3.05) is 11.1 Å². The van der Waals surface area contributed by atoms with Gasteiger partial charge in [0, 0.05) is 12.6 Å². The third-order valence-electron chi connectivity index (χ3n) is 1.86. The molecule has 0 spiro atoms. The van der Waals surface area contributed by atoms with Crippen LogP contribution in [0.3, 0.4) is 0 Å². The van der Waals surface area contributed by atoms with Crippen molar-refractivity contribution in [2.24, 2.45) is 0 Å². The van der Waals surface area contributed by atoms with Gasteiger partial charge in [-0.1, -0.05) is 6.92 Å². The number of nitrogens with one attached hydrogen (secondary N) is 1. The highest BCUT2D eigenvalue weighted by atomic mass is 16.6. The van der Waals surface area contributed by atoms with Crippen molar-refractivity contribution in [2.45, 2.75) is 46.3 Å². The fourth-order valence-corrected chi connectivity index (χ4v) is 1.33. The molecule has 1 aromatic heterocycles. The van der Waals surface area contributed by atoms with Gasteiger partial charge in [-0.15, -0.1) is 0 Å². The standard InChI is InChI=1S/C11H20N4O2/c1-5-6-15-9(7-8(12)14-15)13-10(16)17-11(2,3)4/h7H,5-6H2,1-4H3,(H2,12,14)(H,13,16). The number of nitrogens with two attached hydrogens (primary N) is 1. The Morgan fingerprint density at radius 2 is 2.24 bits per heavy atom. The largest absolute Gasteiger partial charge is 0.444 e. The van der Waals surface area contributed by atoms with Crippen LogP contribution in [-0.2, 0) is 11.3 Å². The first kappa shape index (κ1) is 13.3. The number of nitrogens with zero attached hydrogens (tertiary/aromatic N) is 2. The number of carbonyl (C=O) groups is 1. The molecule has 1 heterocycles. The van der Waals surface area contributed by atoms with Gasteiger partial charge in [0.05, 0.1) is 0 Å². The van der Waals surface area contributed by atoms with Gasteiger partial charge in [0.1, 0.15) is 17.2 Å². The van der Waals surface area contributed by atoms with Gasteiger partial charge in [-0.3, -0.25) is 5.32 Å². The van der Waals surface area contributed by atoms with Crippen LogP contribution in [0.1, 0.15) is 34.1 Å². The molecule has 6 heteroatoms. The molecular formula is C11H20N4O2. The molecule has 17 heavy (non-hydrogen) atoms. The van der Waals surface area contributed by atoms with E-state index in [9.17, 15) is 4.79 Å². The molecule has 6 nitrogen and oxygen atoms in total. The zero-order valence-corrected chi connectivity index (χ0v) is 10.8. The molecule has 0 saturated heterocycles. The highest BCUT2D eigenvalue weighted by molar-refractivity contribution is 5.84. The van der Waals surface area contributed by atoms with E-state index >= 15 is 0 Å². The quantitative estimate of drug-likeness (QED) is 0.848. The lowest BCUT2D eigenvalue weighted by atomic mass is 10.2. The SMILES string of the molecule is CCCn1nc(N)cc1NC(=O)OC(C)(C)C. The summed E-state index contributed by atoms with van der Waals surface area (Å²) in [4.78, 5) is 11.6. The highest BCUT2D eigenvalue weighted by Crippen LogP contribution is 2.15. The molecule has 0 fully saturated rings. The van der Waals surface area contributed by atoms with Crippen molar-refractivity contribution < 1.29 is 9.53 Å². The van der Waals surface area contributed by atoms with Crippen LogP contribution in [0.5, 0.6) is 0 Å². The van der Waals surface area contributed by atoms with E-state index in [1.54, 1.807) is 10.7 Å². The maximum atomic E-state index is 11.6. The zero-order valence-electron chi connectivity index (χ0n) is 10.8. The van der Waals surface area contributed by atoms with Crippen molar-refractivity contribution in [1.82, 2.24) is 9.78 Å². The fraction of sp³-hybridized carbons (Fsp3) is 0.636. The second-order valence-corrected chi connectivity index (χ2v) is 4.80. The number of carbonyl (C=O) groups excluding carboxylic acids is 1. The molecule has 0 radical (unpaired) electrons. The monoisotopic (exact) mass is 240 g/mol. The van der Waals surface area contributed by atoms with Gasteiger partial charge >= 0.3 is 6.09 Å². The van der Waals surface area contributed by atoms with Crippen LogP contribution in [0.4, 0.5) is 16.4 Å². The van der Waals surface area contributed by atoms with Crippen LogP contribution in [0.2, 0.25) is 0 Å². The normalized spacial score (nSPS) is 11.3. The molecule has 0 aromatic carbocycles. The molecule has 1 amide bonds. The number of anilines is 2. The molecule has 0 atom stereocenters. The van der Waals surface area contributed by atoms with E-state index in [0.29, 0.717) is 18.2 Å². The number of hydrogen-bond donors (Lipinski definition) is 2. The molecule has 0 bridgehead atoms. The number of ether oxygens (including phenoxy) is 1. The summed E-state index contributed by atoms with van der Waals surface area (Å²) >= 11 is 0. The lowest BCUT2D eigenvalue weighted by molar-refractivity contribution is 0.0634. The third kappa shape index (κ3) is 4.34. The van der Waals surface area contributed by atoms with E-state index in [4.69, 9.17) is 10.5 Å². The predicted molar refractivity (Wildman–Crippen MR) is 66.8 cm³/mol. The van der Waals surface area contributed by atoms with E-state index in [1.807, 2.05) is 27.7 Å². The van der Waals surface area contributed by atoms with Crippen molar-refractivity contribution in [1.29, 1.82) is 0 Å². The zero-order chi connectivity index (χ0) is 13.1. The first-order chi connectivity index (χ1) is 7.81. The Morgan fingerprint density at radius 3 is 2.76 bits per heavy atom. The Bertz CT molecular complexity index is 393. The Hall–Kier alpha value is -1.72. The topological polar surface area (TPSA) is 82.2 Å². The first-order valence-corrected chi connectivity index (χ1v) is 5.65. The summed E-state index contributed by atoms with van der Waals surface area (Å²) in [5.41, 5.74) is 5.07. The van der Waals surface area contributed by atoms with Crippen LogP contribution in [-0.4, -0.2) is 21.5 Å². The average Bonchev–Trinajstić information content (AvgIpc) is 2.43. The van der Waals surface area contributed by atoms with Gasteiger partial charge in [0.2, 0.25) is 0 Å². The highest BCUT2D eigenvalue weighted by Gasteiger charge is 2.17. The number of nitrogen functional groups attached to an aromatic ring is 1. The van der Waals surface area contributed by atoms with Crippen LogP contribution in [0.25, 0.3) is 0 Å². The molecule has 0 aliphatic heterocycles. The van der Waals surface area contributed by atoms with Crippen LogP contribution < -0.4 is 11.1 Å². The Kier molecular flexibility index (Phi) is 3.98. The van der Waals surface area contributed by atoms with Gasteiger partial charge < -0.3 is 10.5 Å². The second-order valence-electron chi connectivity index (χ2n) is 4.80. The summed E-state index contributed by atoms with van der Waals surface area (Å²) in [5, 5.41) is 6.71. The molecule has 0 saturated carbocycles. The minimum atomic E-state index is -0.523. The number of amides is 1. The van der Waals surface area contributed by atoms with Gasteiger partial charge in [0.25, 0.3) is 0 Å². The van der Waals surface area contributed by atoms with E-state index < -0.39 is 11.7 Å². The summed E-state index contributed by atoms with van der Waals surface area (Å²) in [6.07, 6.45) is 0.402. The van der Waals surface area contributed by atoms with E-state index in [2.05, 4.69) is 10.4 Å². The molecule has 0 aliphatic rings. The minimum absolute atomic E-state index is 0.379. The van der Waals surface area contributed by atoms with Gasteiger partial charge in [0.15, 0.2) is 0 Å². The Labute approximate surface area is 101 Å². The Balaban J connectivity index is 2.70. The maximum absolute atomic E-state index is 11.6. The Morgan fingerprint density at radius 1 is 1.59 bits per heavy atom. The fourth-order valence-electron chi connectivity index (χ4n) is 1.33. The lowest BCUT2D eigenvalue weighted by Crippen LogP contribution is -2.28. The molecule has 3 N–H and O–H groups in total. The number of rotatable bonds is 3. The summed E-state index contributed by atoms with van der Waals surface area (Å²) in [7, 11) is 0. The predicted octanol–water partition coefficient (Wildman–Crippen LogP) is 2.22. The molecule has 0 unspecified atom stereocenters. The van der Waals surface area contributed by atoms with Gasteiger partial charge in [-0.25, -0.2) is 9.48 Å². The van der Waals surface area contributed by atoms with Gasteiger partial charge in [-0.2, -0.15) is 5.10 Å². The second kappa shape index (κ2) is 5.07. The average molecular weight is 240 g/mol. The summed E-state index contributed by atoms with van der Waals surface area (Å²) < 4.78 is 6.80. The van der Waals surface area contributed by atoms with Crippen molar-refractivity contribution >= 4 is 17.7 Å². The molecule has 96 valence electrons.